The van der Waals surface area contributed by atoms with Gasteiger partial charge in [-0.2, -0.15) is 0 Å². The topological polar surface area (TPSA) is 17.1 Å². The minimum atomic E-state index is 0.410. The summed E-state index contributed by atoms with van der Waals surface area (Å²) in [7, 11) is 5.62. The quantitative estimate of drug-likeness (QED) is 0.437. The highest BCUT2D eigenvalue weighted by molar-refractivity contribution is 6.33. The number of rotatable bonds is 2. The first kappa shape index (κ1) is 8.06. The summed E-state index contributed by atoms with van der Waals surface area (Å²) in [4.78, 5) is 10.2. The fourth-order valence-electron chi connectivity index (χ4n) is 1.00. The van der Waals surface area contributed by atoms with E-state index in [4.69, 9.17) is 7.85 Å². The van der Waals surface area contributed by atoms with Gasteiger partial charge in [0.15, 0.2) is 0 Å². The number of benzene rings is 1. The van der Waals surface area contributed by atoms with Crippen molar-refractivity contribution in [1.82, 2.24) is 0 Å². The van der Waals surface area contributed by atoms with Crippen LogP contribution in [-0.4, -0.2) is 14.1 Å². The molecule has 2 radical (unpaired) electrons. The second-order valence-electron chi connectivity index (χ2n) is 2.57. The molecule has 0 aliphatic rings. The van der Waals surface area contributed by atoms with Gasteiger partial charge in [-0.05, 0) is 12.5 Å². The van der Waals surface area contributed by atoms with Gasteiger partial charge in [0.2, 0.25) is 0 Å². The molecule has 0 spiro atoms. The van der Waals surface area contributed by atoms with Crippen molar-refractivity contribution in [2.45, 2.75) is 13.3 Å². The lowest BCUT2D eigenvalue weighted by Gasteiger charge is -2.02. The average molecular weight is 144 g/mol. The molecule has 1 nitrogen and oxygen atoms in total. The molecular weight excluding hydrogens is 135 g/mol. The molecule has 1 aromatic rings. The lowest BCUT2D eigenvalue weighted by molar-refractivity contribution is -0.107. The Balaban J connectivity index is 3.01. The maximum absolute atomic E-state index is 10.2. The molecule has 0 aromatic heterocycles. The highest BCUT2D eigenvalue weighted by Crippen LogP contribution is 2.00. The van der Waals surface area contributed by atoms with Gasteiger partial charge in [-0.15, -0.1) is 0 Å². The van der Waals surface area contributed by atoms with Gasteiger partial charge >= 0.3 is 0 Å². The summed E-state index contributed by atoms with van der Waals surface area (Å²) >= 11 is 0. The average Bonchev–Trinajstić information content (AvgIpc) is 1.98. The number of carbonyl (C=O) groups excluding carboxylic acids is 1. The van der Waals surface area contributed by atoms with Crippen LogP contribution in [0.1, 0.15) is 11.1 Å². The minimum absolute atomic E-state index is 0.410. The Morgan fingerprint density at radius 1 is 1.55 bits per heavy atom. The molecule has 0 unspecified atom stereocenters. The number of hydrogen-bond acceptors (Lipinski definition) is 1. The zero-order valence-electron chi connectivity index (χ0n) is 6.50. The van der Waals surface area contributed by atoms with E-state index in [0.717, 1.165) is 17.4 Å². The Labute approximate surface area is 67.8 Å². The molecule has 0 bridgehead atoms. The van der Waals surface area contributed by atoms with Crippen LogP contribution >= 0.6 is 0 Å². The standard InChI is InChI=1S/C9H9BO/c1-7-2-3-9(10)8(6-7)4-5-11/h2-3,5-6H,4H2,1H3. The molecule has 0 saturated heterocycles. The number of carbonyl (C=O) groups is 1. The fourth-order valence-corrected chi connectivity index (χ4v) is 1.00. The third kappa shape index (κ3) is 1.94. The first-order valence-corrected chi connectivity index (χ1v) is 3.52. The second kappa shape index (κ2) is 3.38. The van der Waals surface area contributed by atoms with E-state index in [1.54, 1.807) is 0 Å². The van der Waals surface area contributed by atoms with Crippen LogP contribution in [0.4, 0.5) is 0 Å². The van der Waals surface area contributed by atoms with E-state index in [1.807, 2.05) is 25.1 Å². The predicted molar refractivity (Wildman–Crippen MR) is 46.3 cm³/mol. The van der Waals surface area contributed by atoms with Crippen LogP contribution in [0, 0.1) is 6.92 Å². The van der Waals surface area contributed by atoms with Crippen LogP contribution in [0.2, 0.25) is 0 Å². The molecule has 54 valence electrons. The fraction of sp³-hybridized carbons (Fsp3) is 0.222. The maximum atomic E-state index is 10.2. The Kier molecular flexibility index (Phi) is 2.47. The van der Waals surface area contributed by atoms with Crippen LogP contribution < -0.4 is 5.46 Å². The lowest BCUT2D eigenvalue weighted by Crippen LogP contribution is -2.10. The van der Waals surface area contributed by atoms with Gasteiger partial charge in [-0.1, -0.05) is 29.2 Å². The SMILES string of the molecule is [B]c1ccc(C)cc1CC=O. The van der Waals surface area contributed by atoms with Gasteiger partial charge < -0.3 is 4.79 Å². The number of aldehydes is 1. The highest BCUT2D eigenvalue weighted by Gasteiger charge is 1.95. The summed E-state index contributed by atoms with van der Waals surface area (Å²) in [5, 5.41) is 0. The zero-order valence-corrected chi connectivity index (χ0v) is 6.50. The first-order valence-electron chi connectivity index (χ1n) is 3.52. The summed E-state index contributed by atoms with van der Waals surface area (Å²) in [6.45, 7) is 1.98. The van der Waals surface area contributed by atoms with E-state index in [2.05, 4.69) is 0 Å². The Bertz CT molecular complexity index is 268. The summed E-state index contributed by atoms with van der Waals surface area (Å²) in [6, 6.07) is 5.70. The van der Waals surface area contributed by atoms with Crippen molar-refractivity contribution >= 4 is 19.6 Å². The van der Waals surface area contributed by atoms with Gasteiger partial charge in [-0.3, -0.25) is 0 Å². The van der Waals surface area contributed by atoms with Gasteiger partial charge in [0.05, 0.1) is 0 Å². The van der Waals surface area contributed by atoms with Crippen LogP contribution in [0.15, 0.2) is 18.2 Å². The predicted octanol–water partition coefficient (Wildman–Crippen LogP) is 0.530. The Morgan fingerprint density at radius 2 is 2.27 bits per heavy atom. The van der Waals surface area contributed by atoms with E-state index < -0.39 is 0 Å². The second-order valence-corrected chi connectivity index (χ2v) is 2.57. The van der Waals surface area contributed by atoms with Crippen LogP contribution in [0.25, 0.3) is 0 Å². The first-order chi connectivity index (χ1) is 5.24. The number of aryl methyl sites for hydroxylation is 1. The molecule has 0 N–H and O–H groups in total. The molecule has 0 amide bonds. The highest BCUT2D eigenvalue weighted by atomic mass is 16.1. The molecule has 0 atom stereocenters. The third-order valence-electron chi connectivity index (χ3n) is 1.60. The Hall–Kier alpha value is -1.05. The molecule has 0 saturated carbocycles. The van der Waals surface area contributed by atoms with Crippen molar-refractivity contribution in [2.24, 2.45) is 0 Å². The molecule has 1 aromatic carbocycles. The van der Waals surface area contributed by atoms with Gasteiger partial charge in [0.1, 0.15) is 14.1 Å². The van der Waals surface area contributed by atoms with Crippen molar-refractivity contribution in [3.05, 3.63) is 29.3 Å². The van der Waals surface area contributed by atoms with E-state index in [9.17, 15) is 4.79 Å². The van der Waals surface area contributed by atoms with Crippen molar-refractivity contribution in [3.63, 3.8) is 0 Å². The maximum Gasteiger partial charge on any atom is 0.124 e. The summed E-state index contributed by atoms with van der Waals surface area (Å²) < 4.78 is 0. The van der Waals surface area contributed by atoms with E-state index >= 15 is 0 Å². The molecule has 0 aliphatic carbocycles. The van der Waals surface area contributed by atoms with E-state index in [1.165, 1.54) is 0 Å². The van der Waals surface area contributed by atoms with Crippen molar-refractivity contribution in [2.75, 3.05) is 0 Å². The molecule has 1 rings (SSSR count). The van der Waals surface area contributed by atoms with Gasteiger partial charge in [-0.25, -0.2) is 0 Å². The van der Waals surface area contributed by atoms with Crippen molar-refractivity contribution in [1.29, 1.82) is 0 Å². The van der Waals surface area contributed by atoms with Crippen LogP contribution in [0.3, 0.4) is 0 Å². The van der Waals surface area contributed by atoms with E-state index in [-0.39, 0.29) is 0 Å². The normalized spacial score (nSPS) is 9.55. The smallest absolute Gasteiger partial charge is 0.124 e. The molecule has 11 heavy (non-hydrogen) atoms. The monoisotopic (exact) mass is 144 g/mol. The minimum Gasteiger partial charge on any atom is -0.303 e. The Morgan fingerprint density at radius 3 is 2.91 bits per heavy atom. The summed E-state index contributed by atoms with van der Waals surface area (Å²) in [5.74, 6) is 0. The van der Waals surface area contributed by atoms with Crippen LogP contribution in [-0.2, 0) is 11.2 Å². The van der Waals surface area contributed by atoms with Gasteiger partial charge in [0, 0.05) is 6.42 Å². The molecular formula is C9H9BO. The van der Waals surface area contributed by atoms with Crippen LogP contribution in [0.5, 0.6) is 0 Å². The molecule has 0 aliphatic heterocycles. The summed E-state index contributed by atoms with van der Waals surface area (Å²) in [5.41, 5.74) is 2.75. The molecule has 0 fully saturated rings. The zero-order chi connectivity index (χ0) is 8.27. The van der Waals surface area contributed by atoms with Gasteiger partial charge in [0.25, 0.3) is 0 Å². The van der Waals surface area contributed by atoms with Crippen molar-refractivity contribution < 1.29 is 4.79 Å². The third-order valence-corrected chi connectivity index (χ3v) is 1.60. The molecule has 2 heteroatoms. The lowest BCUT2D eigenvalue weighted by atomic mass is 9.88. The number of hydrogen-bond donors (Lipinski definition) is 0. The molecule has 0 heterocycles. The summed E-state index contributed by atoms with van der Waals surface area (Å²) in [6.07, 6.45) is 1.28. The largest absolute Gasteiger partial charge is 0.303 e. The van der Waals surface area contributed by atoms with E-state index in [0.29, 0.717) is 11.9 Å². The van der Waals surface area contributed by atoms with Crippen molar-refractivity contribution in [3.8, 4) is 0 Å².